The molecule has 5 heteroatoms. The largest absolute Gasteiger partial charge is 0.293 e. The number of hydrogen-bond acceptors (Lipinski definition) is 2. The molecule has 0 atom stereocenters. The van der Waals surface area contributed by atoms with Crippen molar-refractivity contribution in [1.82, 2.24) is 9.78 Å². The smallest absolute Gasteiger partial charge is 0.171 e. The molecular weight excluding hydrogens is 267 g/mol. The first-order chi connectivity index (χ1) is 8.80. The van der Waals surface area contributed by atoms with Gasteiger partial charge in [-0.05, 0) is 12.1 Å². The predicted octanol–water partition coefficient (Wildman–Crippen LogP) is 3.89. The number of halogens is 2. The van der Waals surface area contributed by atoms with E-state index in [4.69, 9.17) is 11.6 Å². The van der Waals surface area contributed by atoms with Gasteiger partial charge in [0.25, 0.3) is 0 Å². The average Bonchev–Trinajstić information content (AvgIpc) is 2.79. The molecule has 0 bridgehead atoms. The molecule has 1 aromatic heterocycles. The highest BCUT2D eigenvalue weighted by molar-refractivity contribution is 6.30. The van der Waals surface area contributed by atoms with Gasteiger partial charge >= 0.3 is 0 Å². The van der Waals surface area contributed by atoms with Gasteiger partial charge in [-0.15, -0.1) is 0 Å². The molecule has 0 unspecified atom stereocenters. The second kappa shape index (κ2) is 4.78. The van der Waals surface area contributed by atoms with Gasteiger partial charge in [0.15, 0.2) is 11.6 Å². The highest BCUT2D eigenvalue weighted by Gasteiger charge is 2.24. The number of hydrogen-bond donors (Lipinski definition) is 0. The number of aromatic nitrogens is 2. The minimum absolute atomic E-state index is 0.0247. The molecule has 0 fully saturated rings. The fraction of sp³-hybridized carbons (Fsp3) is 0.286. The Hall–Kier alpha value is -1.68. The molecule has 100 valence electrons. The molecule has 0 spiro atoms. The Morgan fingerprint density at radius 2 is 2.05 bits per heavy atom. The van der Waals surface area contributed by atoms with Crippen molar-refractivity contribution >= 4 is 17.4 Å². The number of ketones is 1. The number of nitrogens with zero attached hydrogens (tertiary/aromatic N) is 2. The summed E-state index contributed by atoms with van der Waals surface area (Å²) in [6.07, 6.45) is 2.95. The maximum Gasteiger partial charge on any atom is 0.171 e. The molecule has 1 aromatic carbocycles. The standard InChI is InChI=1S/C14H14ClFN2O/c1-14(2,3)13(19)9-7-17-18(8-9)11-6-4-5-10(15)12(11)16/h4-8H,1-3H3. The van der Waals surface area contributed by atoms with Crippen LogP contribution < -0.4 is 0 Å². The molecule has 0 aliphatic carbocycles. The van der Waals surface area contributed by atoms with Crippen LogP contribution in [0.15, 0.2) is 30.6 Å². The Labute approximate surface area is 116 Å². The highest BCUT2D eigenvalue weighted by atomic mass is 35.5. The lowest BCUT2D eigenvalue weighted by atomic mass is 9.88. The van der Waals surface area contributed by atoms with E-state index in [1.807, 2.05) is 20.8 Å². The molecule has 0 aliphatic rings. The summed E-state index contributed by atoms with van der Waals surface area (Å²) < 4.78 is 15.2. The normalized spacial score (nSPS) is 11.6. The summed E-state index contributed by atoms with van der Waals surface area (Å²) in [5.41, 5.74) is 0.174. The van der Waals surface area contributed by atoms with Crippen LogP contribution in [0.5, 0.6) is 0 Å². The summed E-state index contributed by atoms with van der Waals surface area (Å²) in [6.45, 7) is 5.48. The molecule has 1 heterocycles. The van der Waals surface area contributed by atoms with Crippen molar-refractivity contribution < 1.29 is 9.18 Å². The van der Waals surface area contributed by atoms with Gasteiger partial charge in [-0.3, -0.25) is 4.79 Å². The molecule has 0 aliphatic heterocycles. The molecule has 0 radical (unpaired) electrons. The molecule has 0 amide bonds. The van der Waals surface area contributed by atoms with Crippen LogP contribution in [-0.2, 0) is 0 Å². The van der Waals surface area contributed by atoms with Crippen LogP contribution >= 0.6 is 11.6 Å². The van der Waals surface area contributed by atoms with Crippen LogP contribution in [0.25, 0.3) is 5.69 Å². The third-order valence-corrected chi connectivity index (χ3v) is 3.00. The van der Waals surface area contributed by atoms with Crippen molar-refractivity contribution in [1.29, 1.82) is 0 Å². The topological polar surface area (TPSA) is 34.9 Å². The molecule has 2 rings (SSSR count). The molecule has 0 saturated heterocycles. The highest BCUT2D eigenvalue weighted by Crippen LogP contribution is 2.23. The minimum atomic E-state index is -0.554. The Kier molecular flexibility index (Phi) is 3.45. The number of rotatable bonds is 2. The van der Waals surface area contributed by atoms with Gasteiger partial charge in [0.05, 0.1) is 16.8 Å². The number of carbonyl (C=O) groups is 1. The van der Waals surface area contributed by atoms with E-state index >= 15 is 0 Å². The number of carbonyl (C=O) groups excluding carboxylic acids is 1. The summed E-state index contributed by atoms with van der Waals surface area (Å²) in [5, 5.41) is 4.04. The maximum absolute atomic E-state index is 13.9. The zero-order valence-electron chi connectivity index (χ0n) is 10.9. The first-order valence-corrected chi connectivity index (χ1v) is 6.22. The van der Waals surface area contributed by atoms with Gasteiger partial charge in [0.1, 0.15) is 5.69 Å². The maximum atomic E-state index is 13.9. The van der Waals surface area contributed by atoms with E-state index in [1.165, 1.54) is 23.1 Å². The molecule has 0 saturated carbocycles. The van der Waals surface area contributed by atoms with E-state index in [-0.39, 0.29) is 16.5 Å². The van der Waals surface area contributed by atoms with E-state index in [1.54, 1.807) is 12.1 Å². The number of Topliss-reactive ketones (excluding diaryl/α,β-unsaturated/α-hetero) is 1. The Morgan fingerprint density at radius 3 is 2.68 bits per heavy atom. The Balaban J connectivity index is 2.42. The summed E-state index contributed by atoms with van der Waals surface area (Å²) >= 11 is 5.72. The van der Waals surface area contributed by atoms with Crippen molar-refractivity contribution in [3.8, 4) is 5.69 Å². The average molecular weight is 281 g/mol. The molecule has 19 heavy (non-hydrogen) atoms. The van der Waals surface area contributed by atoms with Gasteiger partial charge in [0, 0.05) is 11.6 Å². The Bertz CT molecular complexity index is 629. The minimum Gasteiger partial charge on any atom is -0.293 e. The van der Waals surface area contributed by atoms with Crippen molar-refractivity contribution in [2.45, 2.75) is 20.8 Å². The zero-order valence-corrected chi connectivity index (χ0v) is 11.7. The first-order valence-electron chi connectivity index (χ1n) is 5.84. The molecule has 2 aromatic rings. The summed E-state index contributed by atoms with van der Waals surface area (Å²) in [4.78, 5) is 12.1. The van der Waals surface area contributed by atoms with Crippen molar-refractivity contribution in [2.24, 2.45) is 5.41 Å². The van der Waals surface area contributed by atoms with Gasteiger partial charge in [-0.25, -0.2) is 9.07 Å². The predicted molar refractivity (Wildman–Crippen MR) is 72.3 cm³/mol. The number of benzene rings is 1. The van der Waals surface area contributed by atoms with Gasteiger partial charge < -0.3 is 0 Å². The molecule has 3 nitrogen and oxygen atoms in total. The fourth-order valence-corrected chi connectivity index (χ4v) is 1.84. The van der Waals surface area contributed by atoms with E-state index in [2.05, 4.69) is 5.10 Å². The Morgan fingerprint density at radius 1 is 1.37 bits per heavy atom. The van der Waals surface area contributed by atoms with Gasteiger partial charge in [-0.1, -0.05) is 38.4 Å². The lowest BCUT2D eigenvalue weighted by Gasteiger charge is -2.14. The van der Waals surface area contributed by atoms with Crippen molar-refractivity contribution in [3.63, 3.8) is 0 Å². The quantitative estimate of drug-likeness (QED) is 0.782. The van der Waals surface area contributed by atoms with E-state index in [9.17, 15) is 9.18 Å². The first kappa shape index (κ1) is 13.7. The van der Waals surface area contributed by atoms with Crippen molar-refractivity contribution in [3.05, 3.63) is 47.0 Å². The van der Waals surface area contributed by atoms with Crippen LogP contribution in [0.3, 0.4) is 0 Å². The van der Waals surface area contributed by atoms with Crippen LogP contribution in [0.4, 0.5) is 4.39 Å². The third-order valence-electron chi connectivity index (χ3n) is 2.70. The van der Waals surface area contributed by atoms with Gasteiger partial charge in [-0.2, -0.15) is 5.10 Å². The summed E-state index contributed by atoms with van der Waals surface area (Å²) in [5.74, 6) is -0.594. The molecule has 0 N–H and O–H groups in total. The summed E-state index contributed by atoms with van der Waals surface area (Å²) in [6, 6.07) is 4.65. The van der Waals surface area contributed by atoms with E-state index < -0.39 is 11.2 Å². The van der Waals surface area contributed by atoms with E-state index in [0.717, 1.165) is 0 Å². The lowest BCUT2D eigenvalue weighted by molar-refractivity contribution is 0.0858. The SMILES string of the molecule is CC(C)(C)C(=O)c1cnn(-c2cccc(Cl)c2F)c1. The monoisotopic (exact) mass is 280 g/mol. The fourth-order valence-electron chi connectivity index (χ4n) is 1.67. The van der Waals surface area contributed by atoms with Crippen molar-refractivity contribution in [2.75, 3.05) is 0 Å². The van der Waals surface area contributed by atoms with Crippen LogP contribution in [0.2, 0.25) is 5.02 Å². The van der Waals surface area contributed by atoms with Crippen LogP contribution in [-0.4, -0.2) is 15.6 Å². The van der Waals surface area contributed by atoms with E-state index in [0.29, 0.717) is 5.56 Å². The molecular formula is C14H14ClFN2O. The lowest BCUT2D eigenvalue weighted by Crippen LogP contribution is -2.19. The van der Waals surface area contributed by atoms with Gasteiger partial charge in [0.2, 0.25) is 0 Å². The van der Waals surface area contributed by atoms with Crippen LogP contribution in [0, 0.1) is 11.2 Å². The second-order valence-electron chi connectivity index (χ2n) is 5.33. The second-order valence-corrected chi connectivity index (χ2v) is 5.73. The van der Waals surface area contributed by atoms with Crippen LogP contribution in [0.1, 0.15) is 31.1 Å². The third kappa shape index (κ3) is 2.68. The zero-order chi connectivity index (χ0) is 14.2. The summed E-state index contributed by atoms with van der Waals surface area (Å²) in [7, 11) is 0.